The molecule has 0 aliphatic rings. The molecule has 4 heteroatoms. The number of hydrogen-bond donors (Lipinski definition) is 3. The van der Waals surface area contributed by atoms with Gasteiger partial charge in [0.15, 0.2) is 0 Å². The Bertz CT molecular complexity index is 540. The summed E-state index contributed by atoms with van der Waals surface area (Å²) in [6.07, 6.45) is 0. The van der Waals surface area contributed by atoms with Crippen LogP contribution in [0.2, 0.25) is 0 Å². The molecule has 3 N–H and O–H groups in total. The number of hydrogen-bond acceptors (Lipinski definition) is 3. The summed E-state index contributed by atoms with van der Waals surface area (Å²) < 4.78 is 0. The standard InChI is InChI=1S/C15H17N3O/c1-16-15(19)13-7-5-6-12(10-13)11-17-18-14-8-3-2-4-9-14/h2-10,17-18H,11H2,1H3,(H,16,19). The maximum Gasteiger partial charge on any atom is 0.251 e. The first-order chi connectivity index (χ1) is 9.29. The molecule has 0 atom stereocenters. The monoisotopic (exact) mass is 255 g/mol. The van der Waals surface area contributed by atoms with Crippen LogP contribution in [0, 0.1) is 0 Å². The molecule has 1 amide bonds. The second-order valence-electron chi connectivity index (χ2n) is 4.12. The van der Waals surface area contributed by atoms with Crippen molar-refractivity contribution in [1.82, 2.24) is 10.7 Å². The van der Waals surface area contributed by atoms with Crippen LogP contribution in [0.15, 0.2) is 54.6 Å². The van der Waals surface area contributed by atoms with Crippen molar-refractivity contribution in [3.63, 3.8) is 0 Å². The molecule has 0 unspecified atom stereocenters. The van der Waals surface area contributed by atoms with Crippen LogP contribution in [-0.2, 0) is 6.54 Å². The molecule has 98 valence electrons. The van der Waals surface area contributed by atoms with Gasteiger partial charge in [-0.3, -0.25) is 4.79 Å². The number of anilines is 1. The van der Waals surface area contributed by atoms with Crippen LogP contribution in [0.25, 0.3) is 0 Å². The minimum atomic E-state index is -0.0714. The molecule has 2 rings (SSSR count). The highest BCUT2D eigenvalue weighted by molar-refractivity contribution is 5.94. The summed E-state index contributed by atoms with van der Waals surface area (Å²) in [5, 5.41) is 2.62. The van der Waals surface area contributed by atoms with E-state index < -0.39 is 0 Å². The molecule has 0 saturated heterocycles. The molecule has 0 heterocycles. The van der Waals surface area contributed by atoms with E-state index in [0.717, 1.165) is 11.3 Å². The molecule has 0 fully saturated rings. The fourth-order valence-electron chi connectivity index (χ4n) is 1.74. The van der Waals surface area contributed by atoms with Gasteiger partial charge in [0.25, 0.3) is 5.91 Å². The van der Waals surface area contributed by atoms with Gasteiger partial charge >= 0.3 is 0 Å². The summed E-state index contributed by atoms with van der Waals surface area (Å²) in [4.78, 5) is 11.5. The maximum absolute atomic E-state index is 11.5. The fourth-order valence-corrected chi connectivity index (χ4v) is 1.74. The number of para-hydroxylation sites is 1. The number of benzene rings is 2. The van der Waals surface area contributed by atoms with Crippen LogP contribution < -0.4 is 16.2 Å². The second-order valence-corrected chi connectivity index (χ2v) is 4.12. The van der Waals surface area contributed by atoms with E-state index in [4.69, 9.17) is 0 Å². The lowest BCUT2D eigenvalue weighted by Gasteiger charge is -2.09. The van der Waals surface area contributed by atoms with Crippen molar-refractivity contribution in [1.29, 1.82) is 0 Å². The van der Waals surface area contributed by atoms with Gasteiger partial charge in [0.1, 0.15) is 0 Å². The molecular weight excluding hydrogens is 238 g/mol. The van der Waals surface area contributed by atoms with Crippen molar-refractivity contribution in [2.75, 3.05) is 12.5 Å². The lowest BCUT2D eigenvalue weighted by Crippen LogP contribution is -2.22. The van der Waals surface area contributed by atoms with Crippen molar-refractivity contribution in [3.05, 3.63) is 65.7 Å². The number of nitrogens with one attached hydrogen (secondary N) is 3. The third kappa shape index (κ3) is 3.82. The molecule has 0 radical (unpaired) electrons. The quantitative estimate of drug-likeness (QED) is 0.718. The third-order valence-corrected chi connectivity index (χ3v) is 2.72. The lowest BCUT2D eigenvalue weighted by molar-refractivity contribution is 0.0963. The Morgan fingerprint density at radius 3 is 2.58 bits per heavy atom. The van der Waals surface area contributed by atoms with Gasteiger partial charge in [-0.25, -0.2) is 5.43 Å². The molecule has 0 spiro atoms. The number of carbonyl (C=O) groups excluding carboxylic acids is 1. The highest BCUT2D eigenvalue weighted by Gasteiger charge is 2.03. The molecule has 4 nitrogen and oxygen atoms in total. The molecule has 0 saturated carbocycles. The van der Waals surface area contributed by atoms with Crippen molar-refractivity contribution >= 4 is 11.6 Å². The zero-order chi connectivity index (χ0) is 13.5. The van der Waals surface area contributed by atoms with Crippen LogP contribution in [0.5, 0.6) is 0 Å². The van der Waals surface area contributed by atoms with Gasteiger partial charge in [-0.05, 0) is 29.8 Å². The number of rotatable bonds is 5. The zero-order valence-electron chi connectivity index (χ0n) is 10.8. The third-order valence-electron chi connectivity index (χ3n) is 2.72. The van der Waals surface area contributed by atoms with E-state index in [1.54, 1.807) is 13.1 Å². The molecular formula is C15H17N3O. The van der Waals surface area contributed by atoms with Crippen LogP contribution in [0.4, 0.5) is 5.69 Å². The first-order valence-corrected chi connectivity index (χ1v) is 6.14. The lowest BCUT2D eigenvalue weighted by atomic mass is 10.1. The van der Waals surface area contributed by atoms with Crippen molar-refractivity contribution in [2.24, 2.45) is 0 Å². The normalized spacial score (nSPS) is 9.95. The minimum Gasteiger partial charge on any atom is -0.355 e. The van der Waals surface area contributed by atoms with E-state index in [0.29, 0.717) is 12.1 Å². The highest BCUT2D eigenvalue weighted by Crippen LogP contribution is 2.06. The molecule has 2 aromatic rings. The van der Waals surface area contributed by atoms with Crippen LogP contribution in [0.3, 0.4) is 0 Å². The Morgan fingerprint density at radius 1 is 1.05 bits per heavy atom. The smallest absolute Gasteiger partial charge is 0.251 e. The molecule has 0 aliphatic heterocycles. The Balaban J connectivity index is 1.91. The Kier molecular flexibility index (Phi) is 4.53. The molecule has 0 aromatic heterocycles. The Morgan fingerprint density at radius 2 is 1.84 bits per heavy atom. The first-order valence-electron chi connectivity index (χ1n) is 6.14. The molecule has 2 aromatic carbocycles. The predicted molar refractivity (Wildman–Crippen MR) is 76.7 cm³/mol. The topological polar surface area (TPSA) is 53.2 Å². The maximum atomic E-state index is 11.5. The SMILES string of the molecule is CNC(=O)c1cccc(CNNc2ccccc2)c1. The average Bonchev–Trinajstić information content (AvgIpc) is 2.48. The Hall–Kier alpha value is -2.33. The van der Waals surface area contributed by atoms with Gasteiger partial charge in [-0.1, -0.05) is 30.3 Å². The summed E-state index contributed by atoms with van der Waals surface area (Å²) in [6, 6.07) is 17.4. The Labute approximate surface area is 112 Å². The van der Waals surface area contributed by atoms with Gasteiger partial charge in [0.2, 0.25) is 0 Å². The zero-order valence-corrected chi connectivity index (χ0v) is 10.8. The van der Waals surface area contributed by atoms with Crippen molar-refractivity contribution in [2.45, 2.75) is 6.54 Å². The summed E-state index contributed by atoms with van der Waals surface area (Å²) >= 11 is 0. The van der Waals surface area contributed by atoms with E-state index in [9.17, 15) is 4.79 Å². The average molecular weight is 255 g/mol. The molecule has 0 aliphatic carbocycles. The highest BCUT2D eigenvalue weighted by atomic mass is 16.1. The molecule has 19 heavy (non-hydrogen) atoms. The van der Waals surface area contributed by atoms with E-state index in [1.807, 2.05) is 48.5 Å². The predicted octanol–water partition coefficient (Wildman–Crippen LogP) is 2.16. The number of hydrazine groups is 1. The van der Waals surface area contributed by atoms with Crippen molar-refractivity contribution < 1.29 is 4.79 Å². The number of carbonyl (C=O) groups is 1. The molecule has 0 bridgehead atoms. The van der Waals surface area contributed by atoms with Crippen LogP contribution >= 0.6 is 0 Å². The van der Waals surface area contributed by atoms with Gasteiger partial charge in [0.05, 0.1) is 0 Å². The first kappa shape index (κ1) is 13.1. The summed E-state index contributed by atoms with van der Waals surface area (Å²) in [6.45, 7) is 0.639. The second kappa shape index (κ2) is 6.56. The van der Waals surface area contributed by atoms with Gasteiger partial charge in [-0.15, -0.1) is 0 Å². The fraction of sp³-hybridized carbons (Fsp3) is 0.133. The minimum absolute atomic E-state index is 0.0714. The van der Waals surface area contributed by atoms with E-state index in [1.165, 1.54) is 0 Å². The largest absolute Gasteiger partial charge is 0.355 e. The van der Waals surface area contributed by atoms with Crippen LogP contribution in [-0.4, -0.2) is 13.0 Å². The summed E-state index contributed by atoms with van der Waals surface area (Å²) in [5.74, 6) is -0.0714. The van der Waals surface area contributed by atoms with E-state index in [2.05, 4.69) is 16.2 Å². The summed E-state index contributed by atoms with van der Waals surface area (Å²) in [7, 11) is 1.63. The van der Waals surface area contributed by atoms with Crippen LogP contribution in [0.1, 0.15) is 15.9 Å². The number of amides is 1. The van der Waals surface area contributed by atoms with E-state index in [-0.39, 0.29) is 5.91 Å². The van der Waals surface area contributed by atoms with Gasteiger partial charge in [-0.2, -0.15) is 0 Å². The summed E-state index contributed by atoms with van der Waals surface area (Å²) in [5.41, 5.74) is 8.94. The van der Waals surface area contributed by atoms with E-state index >= 15 is 0 Å². The van der Waals surface area contributed by atoms with Crippen molar-refractivity contribution in [3.8, 4) is 0 Å². The van der Waals surface area contributed by atoms with Gasteiger partial charge in [0, 0.05) is 24.8 Å². The van der Waals surface area contributed by atoms with Gasteiger partial charge < -0.3 is 10.7 Å².